The lowest BCUT2D eigenvalue weighted by molar-refractivity contribution is -0.125. The maximum Gasteiger partial charge on any atom is 0.228 e. The average molecular weight is 335 g/mol. The summed E-state index contributed by atoms with van der Waals surface area (Å²) in [5.74, 6) is -0.144. The van der Waals surface area contributed by atoms with Crippen LogP contribution in [0.25, 0.3) is 10.9 Å². The van der Waals surface area contributed by atoms with Crippen LogP contribution >= 0.6 is 0 Å². The highest BCUT2D eigenvalue weighted by atomic mass is 16.3. The Bertz CT molecular complexity index is 915. The number of hydrogen-bond donors (Lipinski definition) is 2. The van der Waals surface area contributed by atoms with Crippen molar-refractivity contribution in [3.8, 4) is 0 Å². The van der Waals surface area contributed by atoms with Gasteiger partial charge in [-0.15, -0.1) is 0 Å². The summed E-state index contributed by atoms with van der Waals surface area (Å²) in [4.78, 5) is 28.9. The molecule has 1 aromatic carbocycles. The van der Waals surface area contributed by atoms with Gasteiger partial charge in [-0.25, -0.2) is 0 Å². The normalized spacial score (nSPS) is 18.7. The van der Waals surface area contributed by atoms with Gasteiger partial charge in [-0.05, 0) is 30.7 Å². The zero-order valence-electron chi connectivity index (χ0n) is 13.4. The van der Waals surface area contributed by atoms with Crippen LogP contribution in [0.2, 0.25) is 0 Å². The van der Waals surface area contributed by atoms with Crippen LogP contribution in [0.3, 0.4) is 0 Å². The molecule has 1 fully saturated rings. The molecule has 2 heterocycles. The number of nitrogens with zero attached hydrogens (tertiary/aromatic N) is 1. The first-order valence-electron chi connectivity index (χ1n) is 8.17. The molecule has 1 aliphatic carbocycles. The first kappa shape index (κ1) is 15.4. The van der Waals surface area contributed by atoms with Crippen LogP contribution in [0.4, 0.5) is 5.69 Å². The zero-order valence-corrected chi connectivity index (χ0v) is 13.4. The van der Waals surface area contributed by atoms with Gasteiger partial charge in [0.15, 0.2) is 0 Å². The Labute approximate surface area is 144 Å². The Morgan fingerprint density at radius 1 is 1.08 bits per heavy atom. The van der Waals surface area contributed by atoms with Gasteiger partial charge in [0, 0.05) is 11.6 Å². The molecule has 1 aliphatic rings. The monoisotopic (exact) mass is 335 g/mol. The molecular formula is C19H17N3O3. The molecule has 126 valence electrons. The molecule has 25 heavy (non-hydrogen) atoms. The van der Waals surface area contributed by atoms with Crippen molar-refractivity contribution in [1.82, 2.24) is 10.3 Å². The quantitative estimate of drug-likeness (QED) is 0.751. The fraction of sp³-hybridized carbons (Fsp3) is 0.211. The molecule has 2 unspecified atom stereocenters. The molecule has 1 saturated carbocycles. The van der Waals surface area contributed by atoms with Crippen LogP contribution < -0.4 is 10.6 Å². The number of benzene rings is 1. The molecule has 0 saturated heterocycles. The van der Waals surface area contributed by atoms with Crippen LogP contribution in [0, 0.1) is 11.8 Å². The number of fused-ring (bicyclic) bond motifs is 1. The lowest BCUT2D eigenvalue weighted by Crippen LogP contribution is -2.26. The predicted octanol–water partition coefficient (Wildman–Crippen LogP) is 2.72. The number of para-hydroxylation sites is 1. The van der Waals surface area contributed by atoms with Crippen LogP contribution in [-0.2, 0) is 16.1 Å². The molecular weight excluding hydrogens is 318 g/mol. The summed E-state index contributed by atoms with van der Waals surface area (Å²) in [5.41, 5.74) is 1.42. The SMILES string of the molecule is O=C(NCc1ccco1)C1CC1C(=O)Nc1cccc2cccnc12. The molecule has 2 atom stereocenters. The minimum atomic E-state index is -0.296. The number of pyridine rings is 1. The number of carbonyl (C=O) groups excluding carboxylic acids is 2. The van der Waals surface area contributed by atoms with Crippen molar-refractivity contribution < 1.29 is 14.0 Å². The Balaban J connectivity index is 1.37. The van der Waals surface area contributed by atoms with Gasteiger partial charge in [0.2, 0.25) is 11.8 Å². The van der Waals surface area contributed by atoms with Crippen molar-refractivity contribution in [2.24, 2.45) is 11.8 Å². The number of rotatable bonds is 5. The molecule has 3 aromatic rings. The van der Waals surface area contributed by atoms with Gasteiger partial charge >= 0.3 is 0 Å². The third-order valence-corrected chi connectivity index (χ3v) is 4.37. The summed E-state index contributed by atoms with van der Waals surface area (Å²) in [5, 5.41) is 6.66. The van der Waals surface area contributed by atoms with Crippen LogP contribution in [0.5, 0.6) is 0 Å². The van der Waals surface area contributed by atoms with Gasteiger partial charge in [-0.2, -0.15) is 0 Å². The summed E-state index contributed by atoms with van der Waals surface area (Å²) in [6.07, 6.45) is 3.82. The number of nitrogens with one attached hydrogen (secondary N) is 2. The lowest BCUT2D eigenvalue weighted by atomic mass is 10.2. The molecule has 2 N–H and O–H groups in total. The topological polar surface area (TPSA) is 84.2 Å². The second-order valence-corrected chi connectivity index (χ2v) is 6.12. The molecule has 2 amide bonds. The molecule has 6 nitrogen and oxygen atoms in total. The first-order chi connectivity index (χ1) is 12.2. The van der Waals surface area contributed by atoms with Crippen molar-refractivity contribution in [3.05, 3.63) is 60.7 Å². The van der Waals surface area contributed by atoms with E-state index in [0.717, 1.165) is 10.9 Å². The molecule has 0 spiro atoms. The van der Waals surface area contributed by atoms with E-state index < -0.39 is 0 Å². The smallest absolute Gasteiger partial charge is 0.228 e. The Kier molecular flexibility index (Phi) is 3.93. The number of amides is 2. The molecule has 4 rings (SSSR count). The van der Waals surface area contributed by atoms with Gasteiger partial charge in [-0.1, -0.05) is 18.2 Å². The van der Waals surface area contributed by atoms with E-state index in [2.05, 4.69) is 15.6 Å². The highest BCUT2D eigenvalue weighted by Crippen LogP contribution is 2.40. The number of hydrogen-bond acceptors (Lipinski definition) is 4. The fourth-order valence-corrected chi connectivity index (χ4v) is 2.92. The zero-order chi connectivity index (χ0) is 17.2. The van der Waals surface area contributed by atoms with E-state index in [9.17, 15) is 9.59 Å². The molecule has 0 bridgehead atoms. The van der Waals surface area contributed by atoms with E-state index >= 15 is 0 Å². The maximum atomic E-state index is 12.4. The summed E-state index contributed by atoms with van der Waals surface area (Å²) >= 11 is 0. The Hall–Kier alpha value is -3.15. The molecule has 6 heteroatoms. The van der Waals surface area contributed by atoms with Crippen molar-refractivity contribution in [3.63, 3.8) is 0 Å². The number of furan rings is 1. The summed E-state index contributed by atoms with van der Waals surface area (Å²) in [7, 11) is 0. The highest BCUT2D eigenvalue weighted by Gasteiger charge is 2.48. The van der Waals surface area contributed by atoms with Crippen molar-refractivity contribution in [1.29, 1.82) is 0 Å². The minimum Gasteiger partial charge on any atom is -0.467 e. The summed E-state index contributed by atoms with van der Waals surface area (Å²) in [6.45, 7) is 0.337. The standard InChI is InChI=1S/C19H17N3O3/c23-18(21-11-13-6-3-9-25-13)14-10-15(14)19(24)22-16-7-1-4-12-5-2-8-20-17(12)16/h1-9,14-15H,10-11H2,(H,21,23)(H,22,24). The van der Waals surface area contributed by atoms with E-state index in [-0.39, 0.29) is 23.7 Å². The third-order valence-electron chi connectivity index (χ3n) is 4.37. The van der Waals surface area contributed by atoms with E-state index in [1.54, 1.807) is 24.6 Å². The average Bonchev–Trinajstić information content (AvgIpc) is 3.28. The number of aromatic nitrogens is 1. The predicted molar refractivity (Wildman–Crippen MR) is 92.5 cm³/mol. The van der Waals surface area contributed by atoms with Crippen molar-refractivity contribution in [2.75, 3.05) is 5.32 Å². The van der Waals surface area contributed by atoms with Gasteiger partial charge in [-0.3, -0.25) is 14.6 Å². The van der Waals surface area contributed by atoms with Crippen LogP contribution in [0.1, 0.15) is 12.2 Å². The second-order valence-electron chi connectivity index (χ2n) is 6.12. The van der Waals surface area contributed by atoms with E-state index in [1.807, 2.05) is 30.3 Å². The maximum absolute atomic E-state index is 12.4. The fourth-order valence-electron chi connectivity index (χ4n) is 2.92. The van der Waals surface area contributed by atoms with Crippen LogP contribution in [-0.4, -0.2) is 16.8 Å². The van der Waals surface area contributed by atoms with Gasteiger partial charge in [0.05, 0.1) is 35.8 Å². The number of carbonyl (C=O) groups is 2. The van der Waals surface area contributed by atoms with E-state index in [4.69, 9.17) is 4.42 Å². The third kappa shape index (κ3) is 3.24. The van der Waals surface area contributed by atoms with Gasteiger partial charge in [0.1, 0.15) is 5.76 Å². The van der Waals surface area contributed by atoms with E-state index in [1.165, 1.54) is 0 Å². The van der Waals surface area contributed by atoms with Crippen molar-refractivity contribution in [2.45, 2.75) is 13.0 Å². The van der Waals surface area contributed by atoms with Gasteiger partial charge < -0.3 is 15.1 Å². The largest absolute Gasteiger partial charge is 0.467 e. The highest BCUT2D eigenvalue weighted by molar-refractivity contribution is 6.04. The number of anilines is 1. The van der Waals surface area contributed by atoms with Gasteiger partial charge in [0.25, 0.3) is 0 Å². The Morgan fingerprint density at radius 3 is 2.76 bits per heavy atom. The molecule has 2 aromatic heterocycles. The minimum absolute atomic E-state index is 0.118. The van der Waals surface area contributed by atoms with Crippen LogP contribution in [0.15, 0.2) is 59.3 Å². The Morgan fingerprint density at radius 2 is 1.92 bits per heavy atom. The molecule has 0 radical (unpaired) electrons. The van der Waals surface area contributed by atoms with E-state index in [0.29, 0.717) is 24.4 Å². The lowest BCUT2D eigenvalue weighted by Gasteiger charge is -2.08. The first-order valence-corrected chi connectivity index (χ1v) is 8.17. The second kappa shape index (κ2) is 6.39. The van der Waals surface area contributed by atoms with Crippen molar-refractivity contribution >= 4 is 28.4 Å². The summed E-state index contributed by atoms with van der Waals surface area (Å²) < 4.78 is 5.18. The molecule has 0 aliphatic heterocycles. The summed E-state index contributed by atoms with van der Waals surface area (Å²) in [6, 6.07) is 13.0.